The summed E-state index contributed by atoms with van der Waals surface area (Å²) in [6, 6.07) is 5.50. The lowest BCUT2D eigenvalue weighted by atomic mass is 9.87. The molecule has 0 unspecified atom stereocenters. The Kier molecular flexibility index (Phi) is 4.28. The molecule has 0 aliphatic heterocycles. The lowest BCUT2D eigenvalue weighted by Gasteiger charge is -2.27. The molecule has 1 aromatic carbocycles. The van der Waals surface area contributed by atoms with E-state index in [4.69, 9.17) is 4.98 Å². The summed E-state index contributed by atoms with van der Waals surface area (Å²) in [5.41, 5.74) is 4.13. The Balaban J connectivity index is 1.67. The molecule has 2 heterocycles. The van der Waals surface area contributed by atoms with Crippen molar-refractivity contribution in [2.45, 2.75) is 45.6 Å². The summed E-state index contributed by atoms with van der Waals surface area (Å²) in [6.07, 6.45) is 5.06. The van der Waals surface area contributed by atoms with Crippen LogP contribution in [0.5, 0.6) is 0 Å². The Labute approximate surface area is 151 Å². The first kappa shape index (κ1) is 16.6. The molecule has 0 spiro atoms. The van der Waals surface area contributed by atoms with Crippen molar-refractivity contribution in [2.75, 3.05) is 5.32 Å². The molecule has 2 atom stereocenters. The maximum absolute atomic E-state index is 13.8. The van der Waals surface area contributed by atoms with E-state index in [1.165, 1.54) is 31.7 Å². The summed E-state index contributed by atoms with van der Waals surface area (Å²) in [7, 11) is 2.02. The number of rotatable bonds is 3. The van der Waals surface area contributed by atoms with Gasteiger partial charge in [-0.3, -0.25) is 0 Å². The lowest BCUT2D eigenvalue weighted by molar-refractivity contribution is 0.358. The van der Waals surface area contributed by atoms with Crippen molar-refractivity contribution >= 4 is 27.4 Å². The molecule has 25 heavy (non-hydrogen) atoms. The van der Waals surface area contributed by atoms with Gasteiger partial charge >= 0.3 is 0 Å². The fraction of sp³-hybridized carbons (Fsp3) is 0.450. The molecule has 3 aromatic rings. The first-order chi connectivity index (χ1) is 12.0. The molecule has 5 heteroatoms. The minimum atomic E-state index is -0.205. The van der Waals surface area contributed by atoms with Crippen LogP contribution in [-0.4, -0.2) is 15.6 Å². The normalized spacial score (nSPS) is 21.0. The van der Waals surface area contributed by atoms with Crippen molar-refractivity contribution in [3.8, 4) is 11.3 Å². The van der Waals surface area contributed by atoms with Crippen LogP contribution in [-0.2, 0) is 7.05 Å². The molecule has 1 aliphatic rings. The standard InChI is InChI=1S/C20H24FN3S/c1-12-5-4-6-15(9-12)22-20-23-17(11-25-20)19-13(2)24(3)18-8-7-14(21)10-16(18)19/h7-8,10-12,15H,4-6,9H2,1-3H3,(H,22,23)/t12-,15+/m1/s1. The van der Waals surface area contributed by atoms with Gasteiger partial charge in [-0.15, -0.1) is 11.3 Å². The molecule has 2 aromatic heterocycles. The van der Waals surface area contributed by atoms with Gasteiger partial charge in [0.25, 0.3) is 0 Å². The molecule has 0 radical (unpaired) electrons. The van der Waals surface area contributed by atoms with Crippen LogP contribution in [0, 0.1) is 18.7 Å². The van der Waals surface area contributed by atoms with E-state index in [1.54, 1.807) is 17.4 Å². The average molecular weight is 357 g/mol. The van der Waals surface area contributed by atoms with Gasteiger partial charge in [0.2, 0.25) is 0 Å². The second-order valence-corrected chi connectivity index (χ2v) is 8.19. The number of halogens is 1. The molecular formula is C20H24FN3S. The van der Waals surface area contributed by atoms with Gasteiger partial charge < -0.3 is 9.88 Å². The van der Waals surface area contributed by atoms with Crippen LogP contribution in [0.2, 0.25) is 0 Å². The fourth-order valence-corrected chi connectivity index (χ4v) is 4.84. The van der Waals surface area contributed by atoms with E-state index in [0.717, 1.165) is 38.9 Å². The van der Waals surface area contributed by atoms with Crippen molar-refractivity contribution in [2.24, 2.45) is 13.0 Å². The van der Waals surface area contributed by atoms with Gasteiger partial charge in [-0.05, 0) is 43.9 Å². The summed E-state index contributed by atoms with van der Waals surface area (Å²) >= 11 is 1.64. The highest BCUT2D eigenvalue weighted by Gasteiger charge is 2.21. The molecular weight excluding hydrogens is 333 g/mol. The lowest BCUT2D eigenvalue weighted by Crippen LogP contribution is -2.26. The number of anilines is 1. The number of aryl methyl sites for hydroxylation is 1. The second-order valence-electron chi connectivity index (χ2n) is 7.33. The van der Waals surface area contributed by atoms with Crippen molar-refractivity contribution in [3.63, 3.8) is 0 Å². The highest BCUT2D eigenvalue weighted by Crippen LogP contribution is 2.36. The third-order valence-corrected chi connectivity index (χ3v) is 6.25. The zero-order valence-electron chi connectivity index (χ0n) is 15.0. The molecule has 4 rings (SSSR count). The van der Waals surface area contributed by atoms with Crippen molar-refractivity contribution in [3.05, 3.63) is 35.1 Å². The van der Waals surface area contributed by atoms with E-state index in [1.807, 2.05) is 13.1 Å². The number of benzene rings is 1. The van der Waals surface area contributed by atoms with Crippen LogP contribution in [0.1, 0.15) is 38.3 Å². The summed E-state index contributed by atoms with van der Waals surface area (Å²) in [6.45, 7) is 4.40. The number of thiazole rings is 1. The van der Waals surface area contributed by atoms with Crippen LogP contribution in [0.3, 0.4) is 0 Å². The van der Waals surface area contributed by atoms with E-state index < -0.39 is 0 Å². The van der Waals surface area contributed by atoms with Crippen molar-refractivity contribution < 1.29 is 4.39 Å². The Morgan fingerprint density at radius 3 is 2.96 bits per heavy atom. The van der Waals surface area contributed by atoms with E-state index in [2.05, 4.69) is 29.1 Å². The van der Waals surface area contributed by atoms with Gasteiger partial charge in [0.05, 0.1) is 5.69 Å². The molecule has 1 N–H and O–H groups in total. The topological polar surface area (TPSA) is 29.9 Å². The minimum Gasteiger partial charge on any atom is -0.359 e. The molecule has 1 saturated carbocycles. The van der Waals surface area contributed by atoms with Crippen molar-refractivity contribution in [1.29, 1.82) is 0 Å². The first-order valence-electron chi connectivity index (χ1n) is 9.00. The van der Waals surface area contributed by atoms with Gasteiger partial charge in [-0.2, -0.15) is 0 Å². The van der Waals surface area contributed by atoms with Crippen LogP contribution in [0.4, 0.5) is 9.52 Å². The zero-order chi connectivity index (χ0) is 17.6. The van der Waals surface area contributed by atoms with Gasteiger partial charge in [0.15, 0.2) is 5.13 Å². The summed E-state index contributed by atoms with van der Waals surface area (Å²) in [5.74, 6) is 0.582. The molecule has 0 saturated heterocycles. The fourth-order valence-electron chi connectivity index (χ4n) is 4.06. The molecule has 1 aliphatic carbocycles. The van der Waals surface area contributed by atoms with Crippen LogP contribution in [0.25, 0.3) is 22.2 Å². The van der Waals surface area contributed by atoms with Gasteiger partial charge in [0, 0.05) is 40.6 Å². The van der Waals surface area contributed by atoms with Gasteiger partial charge in [-0.1, -0.05) is 19.8 Å². The maximum Gasteiger partial charge on any atom is 0.183 e. The number of hydrogen-bond donors (Lipinski definition) is 1. The number of nitrogens with zero attached hydrogens (tertiary/aromatic N) is 2. The van der Waals surface area contributed by atoms with Crippen LogP contribution >= 0.6 is 11.3 Å². The number of fused-ring (bicyclic) bond motifs is 1. The smallest absolute Gasteiger partial charge is 0.183 e. The Bertz CT molecular complexity index is 911. The number of hydrogen-bond acceptors (Lipinski definition) is 3. The van der Waals surface area contributed by atoms with Crippen LogP contribution < -0.4 is 5.32 Å². The minimum absolute atomic E-state index is 0.205. The number of aromatic nitrogens is 2. The van der Waals surface area contributed by atoms with Crippen LogP contribution in [0.15, 0.2) is 23.6 Å². The summed E-state index contributed by atoms with van der Waals surface area (Å²) in [5, 5.41) is 7.61. The summed E-state index contributed by atoms with van der Waals surface area (Å²) in [4.78, 5) is 4.83. The molecule has 3 nitrogen and oxygen atoms in total. The van der Waals surface area contributed by atoms with Gasteiger partial charge in [-0.25, -0.2) is 9.37 Å². The monoisotopic (exact) mass is 357 g/mol. The van der Waals surface area contributed by atoms with Crippen molar-refractivity contribution in [1.82, 2.24) is 9.55 Å². The molecule has 1 fully saturated rings. The van der Waals surface area contributed by atoms with E-state index in [9.17, 15) is 4.39 Å². The molecule has 0 amide bonds. The Hall–Kier alpha value is -1.88. The summed E-state index contributed by atoms with van der Waals surface area (Å²) < 4.78 is 15.9. The zero-order valence-corrected chi connectivity index (χ0v) is 15.8. The van der Waals surface area contributed by atoms with Gasteiger partial charge in [0.1, 0.15) is 5.82 Å². The van der Waals surface area contributed by atoms with E-state index >= 15 is 0 Å². The van der Waals surface area contributed by atoms with E-state index in [0.29, 0.717) is 6.04 Å². The average Bonchev–Trinajstić information content (AvgIpc) is 3.11. The Morgan fingerprint density at radius 1 is 1.32 bits per heavy atom. The third-order valence-electron chi connectivity index (χ3n) is 5.48. The largest absolute Gasteiger partial charge is 0.359 e. The molecule has 132 valence electrons. The Morgan fingerprint density at radius 2 is 2.16 bits per heavy atom. The highest BCUT2D eigenvalue weighted by atomic mass is 32.1. The third kappa shape index (κ3) is 3.06. The first-order valence-corrected chi connectivity index (χ1v) is 9.88. The molecule has 0 bridgehead atoms. The highest BCUT2D eigenvalue weighted by molar-refractivity contribution is 7.14. The SMILES string of the molecule is Cc1c(-c2csc(N[C@H]3CCC[C@@H](C)C3)n2)c2cc(F)ccc2n1C. The number of nitrogens with one attached hydrogen (secondary N) is 1. The second kappa shape index (κ2) is 6.45. The predicted molar refractivity (Wildman–Crippen MR) is 104 cm³/mol. The predicted octanol–water partition coefficient (Wildman–Crippen LogP) is 5.74. The quantitative estimate of drug-likeness (QED) is 0.648. The van der Waals surface area contributed by atoms with E-state index in [-0.39, 0.29) is 5.82 Å². The maximum atomic E-state index is 13.8.